The molecule has 2 rings (SSSR count). The first kappa shape index (κ1) is 20.7. The monoisotopic (exact) mass is 368 g/mol. The first-order valence-electron chi connectivity index (χ1n) is 9.22. The van der Waals surface area contributed by atoms with Gasteiger partial charge in [0.15, 0.2) is 0 Å². The third-order valence-corrected chi connectivity index (χ3v) is 4.62. The van der Waals surface area contributed by atoms with Crippen LogP contribution in [0.5, 0.6) is 0 Å². The number of hydrogen-bond acceptors (Lipinski definition) is 4. The van der Waals surface area contributed by atoms with Crippen molar-refractivity contribution in [1.82, 2.24) is 0 Å². The molecule has 0 N–H and O–H groups in total. The minimum Gasteiger partial charge on any atom is -0.459 e. The average Bonchev–Trinajstić information content (AvgIpc) is 2.61. The van der Waals surface area contributed by atoms with Crippen LogP contribution < -0.4 is 0 Å². The van der Waals surface area contributed by atoms with E-state index in [0.29, 0.717) is 11.1 Å². The van der Waals surface area contributed by atoms with Crippen molar-refractivity contribution in [2.75, 3.05) is 0 Å². The maximum atomic E-state index is 12.4. The van der Waals surface area contributed by atoms with Crippen LogP contribution in [0.25, 0.3) is 0 Å². The van der Waals surface area contributed by atoms with Crippen LogP contribution in [0, 0.1) is 11.3 Å². The van der Waals surface area contributed by atoms with E-state index in [1.165, 1.54) is 0 Å². The Balaban J connectivity index is 2.11. The van der Waals surface area contributed by atoms with Crippen LogP contribution in [0.2, 0.25) is 0 Å². The van der Waals surface area contributed by atoms with Crippen molar-refractivity contribution in [3.63, 3.8) is 0 Å². The van der Waals surface area contributed by atoms with Gasteiger partial charge in [-0.05, 0) is 43.5 Å². The van der Waals surface area contributed by atoms with Gasteiger partial charge in [0.2, 0.25) is 0 Å². The summed E-state index contributed by atoms with van der Waals surface area (Å²) < 4.78 is 11.4. The zero-order valence-corrected chi connectivity index (χ0v) is 16.6. The van der Waals surface area contributed by atoms with Crippen molar-refractivity contribution in [2.24, 2.45) is 11.3 Å². The van der Waals surface area contributed by atoms with Gasteiger partial charge in [-0.3, -0.25) is 0 Å². The Kier molecular flexibility index (Phi) is 6.78. The largest absolute Gasteiger partial charge is 0.459 e. The second-order valence-electron chi connectivity index (χ2n) is 7.84. The van der Waals surface area contributed by atoms with Gasteiger partial charge in [0, 0.05) is 5.92 Å². The Labute approximate surface area is 161 Å². The van der Waals surface area contributed by atoms with E-state index >= 15 is 0 Å². The summed E-state index contributed by atoms with van der Waals surface area (Å²) in [6.45, 7) is 9.86. The second-order valence-corrected chi connectivity index (χ2v) is 7.84. The molecular formula is C23H28O4. The van der Waals surface area contributed by atoms with Crippen LogP contribution in [0.3, 0.4) is 0 Å². The third kappa shape index (κ3) is 5.68. The summed E-state index contributed by atoms with van der Waals surface area (Å²) in [5.74, 6) is -0.921. The number of ether oxygens (including phenoxy) is 2. The first-order chi connectivity index (χ1) is 12.7. The fourth-order valence-electron chi connectivity index (χ4n) is 3.56. The molecule has 2 aromatic carbocycles. The predicted molar refractivity (Wildman–Crippen MR) is 106 cm³/mol. The van der Waals surface area contributed by atoms with Crippen LogP contribution in [0.15, 0.2) is 60.7 Å². The van der Waals surface area contributed by atoms with Crippen molar-refractivity contribution in [3.8, 4) is 0 Å². The van der Waals surface area contributed by atoms with Crippen LogP contribution in [0.4, 0.5) is 0 Å². The summed E-state index contributed by atoms with van der Waals surface area (Å²) in [4.78, 5) is 24.8. The molecule has 0 bridgehead atoms. The maximum Gasteiger partial charge on any atom is 0.338 e. The SMILES string of the molecule is CC(OC(=O)c1ccccc1)C(C(C)OC(=O)c1ccccc1)C(C)(C)C. The smallest absolute Gasteiger partial charge is 0.338 e. The Bertz CT molecular complexity index is 687. The van der Waals surface area contributed by atoms with E-state index in [1.807, 2.05) is 26.0 Å². The molecule has 0 fully saturated rings. The van der Waals surface area contributed by atoms with Gasteiger partial charge in [-0.15, -0.1) is 0 Å². The Morgan fingerprint density at radius 2 is 1.04 bits per heavy atom. The van der Waals surface area contributed by atoms with Crippen LogP contribution in [-0.2, 0) is 9.47 Å². The highest BCUT2D eigenvalue weighted by Gasteiger charge is 2.38. The van der Waals surface area contributed by atoms with Crippen molar-refractivity contribution in [1.29, 1.82) is 0 Å². The van der Waals surface area contributed by atoms with E-state index in [4.69, 9.17) is 9.47 Å². The molecule has 0 aromatic heterocycles. The number of carbonyl (C=O) groups is 2. The highest BCUT2D eigenvalue weighted by molar-refractivity contribution is 5.90. The number of rotatable bonds is 6. The lowest BCUT2D eigenvalue weighted by Crippen LogP contribution is -2.42. The van der Waals surface area contributed by atoms with Crippen LogP contribution >= 0.6 is 0 Å². The molecule has 0 spiro atoms. The summed E-state index contributed by atoms with van der Waals surface area (Å²) in [5.41, 5.74) is 0.782. The fourth-order valence-corrected chi connectivity index (χ4v) is 3.56. The molecule has 2 aromatic rings. The lowest BCUT2D eigenvalue weighted by molar-refractivity contribution is -0.0552. The highest BCUT2D eigenvalue weighted by Crippen LogP contribution is 2.35. The molecule has 0 heterocycles. The number of benzene rings is 2. The zero-order valence-electron chi connectivity index (χ0n) is 16.6. The molecule has 2 atom stereocenters. The number of esters is 2. The van der Waals surface area contributed by atoms with E-state index in [-0.39, 0.29) is 23.3 Å². The predicted octanol–water partition coefficient (Wildman–Crippen LogP) is 5.14. The Morgan fingerprint density at radius 3 is 1.33 bits per heavy atom. The van der Waals surface area contributed by atoms with E-state index < -0.39 is 12.2 Å². The van der Waals surface area contributed by atoms with Gasteiger partial charge in [0.05, 0.1) is 11.1 Å². The van der Waals surface area contributed by atoms with Gasteiger partial charge < -0.3 is 9.47 Å². The van der Waals surface area contributed by atoms with Gasteiger partial charge in [0.25, 0.3) is 0 Å². The van der Waals surface area contributed by atoms with Gasteiger partial charge in [-0.2, -0.15) is 0 Å². The number of hydrogen-bond donors (Lipinski definition) is 0. The maximum absolute atomic E-state index is 12.4. The summed E-state index contributed by atoms with van der Waals surface area (Å²) >= 11 is 0. The van der Waals surface area contributed by atoms with Crippen molar-refractivity contribution < 1.29 is 19.1 Å². The van der Waals surface area contributed by atoms with E-state index in [0.717, 1.165) is 0 Å². The lowest BCUT2D eigenvalue weighted by atomic mass is 9.74. The third-order valence-electron chi connectivity index (χ3n) is 4.62. The minimum absolute atomic E-state index is 0.169. The van der Waals surface area contributed by atoms with Crippen molar-refractivity contribution >= 4 is 11.9 Å². The number of carbonyl (C=O) groups excluding carboxylic acids is 2. The Morgan fingerprint density at radius 1 is 0.704 bits per heavy atom. The molecule has 0 saturated heterocycles. The van der Waals surface area contributed by atoms with Gasteiger partial charge >= 0.3 is 11.9 Å². The highest BCUT2D eigenvalue weighted by atomic mass is 16.6. The molecule has 27 heavy (non-hydrogen) atoms. The molecular weight excluding hydrogens is 340 g/mol. The molecule has 0 radical (unpaired) electrons. The van der Waals surface area contributed by atoms with Crippen molar-refractivity contribution in [2.45, 2.75) is 46.8 Å². The molecule has 0 aliphatic carbocycles. The second kappa shape index (κ2) is 8.85. The average molecular weight is 368 g/mol. The Hall–Kier alpha value is -2.62. The zero-order chi connectivity index (χ0) is 20.0. The van der Waals surface area contributed by atoms with Gasteiger partial charge in [-0.1, -0.05) is 57.2 Å². The van der Waals surface area contributed by atoms with E-state index in [1.54, 1.807) is 48.5 Å². The molecule has 4 nitrogen and oxygen atoms in total. The van der Waals surface area contributed by atoms with Gasteiger partial charge in [0.1, 0.15) is 12.2 Å². The summed E-state index contributed by atoms with van der Waals surface area (Å²) in [7, 11) is 0. The molecule has 0 amide bonds. The fraction of sp³-hybridized carbons (Fsp3) is 0.391. The van der Waals surface area contributed by atoms with Crippen LogP contribution in [0.1, 0.15) is 55.3 Å². The van der Waals surface area contributed by atoms with Gasteiger partial charge in [-0.25, -0.2) is 9.59 Å². The molecule has 0 aliphatic rings. The quantitative estimate of drug-likeness (QED) is 0.663. The minimum atomic E-state index is -0.420. The van der Waals surface area contributed by atoms with Crippen molar-refractivity contribution in [3.05, 3.63) is 71.8 Å². The van der Waals surface area contributed by atoms with E-state index in [9.17, 15) is 9.59 Å². The topological polar surface area (TPSA) is 52.6 Å². The molecule has 144 valence electrons. The van der Waals surface area contributed by atoms with E-state index in [2.05, 4.69) is 20.8 Å². The standard InChI is InChI=1S/C23H28O4/c1-16(26-21(24)18-12-8-6-9-13-18)20(23(3,4)5)17(2)27-22(25)19-14-10-7-11-15-19/h6-17,20H,1-5H3. The first-order valence-corrected chi connectivity index (χ1v) is 9.22. The molecule has 0 aliphatic heterocycles. The molecule has 2 unspecified atom stereocenters. The molecule has 4 heteroatoms. The molecule has 0 saturated carbocycles. The summed E-state index contributed by atoms with van der Waals surface area (Å²) in [6.07, 6.45) is -0.840. The lowest BCUT2D eigenvalue weighted by Gasteiger charge is -2.38. The normalized spacial score (nSPS) is 14.7. The van der Waals surface area contributed by atoms with Crippen LogP contribution in [-0.4, -0.2) is 24.1 Å². The summed E-state index contributed by atoms with van der Waals surface area (Å²) in [6, 6.07) is 17.8. The summed E-state index contributed by atoms with van der Waals surface area (Å²) in [5, 5.41) is 0.